The van der Waals surface area contributed by atoms with Crippen molar-refractivity contribution < 1.29 is 18.9 Å². The van der Waals surface area contributed by atoms with Crippen molar-refractivity contribution in [3.63, 3.8) is 0 Å². The van der Waals surface area contributed by atoms with Crippen molar-refractivity contribution in [3.8, 4) is 11.8 Å². The van der Waals surface area contributed by atoms with Crippen LogP contribution in [-0.2, 0) is 9.39 Å². The highest BCUT2D eigenvalue weighted by atomic mass is 19.1. The molecule has 142 valence electrons. The Hall–Kier alpha value is -1.75. The van der Waals surface area contributed by atoms with E-state index in [1.807, 2.05) is 13.8 Å². The van der Waals surface area contributed by atoms with Gasteiger partial charge in [0.05, 0.1) is 24.1 Å². The van der Waals surface area contributed by atoms with Crippen LogP contribution in [0.1, 0.15) is 39.2 Å². The zero-order chi connectivity index (χ0) is 19.6. The van der Waals surface area contributed by atoms with Crippen LogP contribution in [0.4, 0.5) is 15.8 Å². The molecule has 1 aromatic carbocycles. The number of hydrogen-bond acceptors (Lipinski definition) is 5. The van der Waals surface area contributed by atoms with Crippen LogP contribution >= 0.6 is 0 Å². The Morgan fingerprint density at radius 2 is 2.15 bits per heavy atom. The molecular formula is C19H28BFN2O3. The number of nitrogens with two attached hydrogens (primary N) is 1. The third-order valence-electron chi connectivity index (χ3n) is 3.60. The Morgan fingerprint density at radius 3 is 2.81 bits per heavy atom. The summed E-state index contributed by atoms with van der Waals surface area (Å²) < 4.78 is 23.9. The quantitative estimate of drug-likeness (QED) is 0.258. The molecule has 1 atom stereocenters. The summed E-state index contributed by atoms with van der Waals surface area (Å²) in [6.07, 6.45) is 1.27. The molecule has 0 aliphatic carbocycles. The topological polar surface area (TPSA) is 76.7 Å². The molecule has 1 rings (SSSR count). The minimum Gasteiger partial charge on any atom is -0.446 e. The lowest BCUT2D eigenvalue weighted by Gasteiger charge is -2.17. The highest BCUT2D eigenvalue weighted by molar-refractivity contribution is 5.98. The molecule has 0 aromatic heterocycles. The summed E-state index contributed by atoms with van der Waals surface area (Å²) in [4.78, 5) is 0. The highest BCUT2D eigenvalue weighted by Crippen LogP contribution is 2.23. The van der Waals surface area contributed by atoms with Crippen molar-refractivity contribution in [2.45, 2.75) is 39.7 Å². The van der Waals surface area contributed by atoms with Crippen molar-refractivity contribution in [2.75, 3.05) is 37.4 Å². The van der Waals surface area contributed by atoms with E-state index in [0.29, 0.717) is 17.9 Å². The molecule has 0 aliphatic rings. The first kappa shape index (κ1) is 22.3. The van der Waals surface area contributed by atoms with Gasteiger partial charge in [0.2, 0.25) is 0 Å². The number of hydrogen-bond donors (Lipinski definition) is 3. The van der Waals surface area contributed by atoms with E-state index in [1.165, 1.54) is 12.1 Å². The van der Waals surface area contributed by atoms with Crippen LogP contribution in [0.25, 0.3) is 0 Å². The van der Waals surface area contributed by atoms with Gasteiger partial charge in [0.15, 0.2) is 0 Å². The normalized spacial score (nSPS) is 12.3. The molecule has 2 radical (unpaired) electrons. The van der Waals surface area contributed by atoms with Gasteiger partial charge in [-0.15, -0.1) is 0 Å². The lowest BCUT2D eigenvalue weighted by atomic mass is 9.95. The molecule has 0 bridgehead atoms. The van der Waals surface area contributed by atoms with Crippen molar-refractivity contribution in [2.24, 2.45) is 5.41 Å². The maximum atomic E-state index is 13.8. The predicted molar refractivity (Wildman–Crippen MR) is 103 cm³/mol. The van der Waals surface area contributed by atoms with Crippen LogP contribution < -0.4 is 11.1 Å². The van der Waals surface area contributed by atoms with E-state index < -0.39 is 17.3 Å². The van der Waals surface area contributed by atoms with Gasteiger partial charge in [0, 0.05) is 36.8 Å². The SMILES string of the molecule is [B]OCC(C)(C)C#Cc1cc(N)c(F)cc1NC[C@@H](O)COCCCC. The second kappa shape index (κ2) is 11.1. The molecule has 26 heavy (non-hydrogen) atoms. The number of ether oxygens (including phenoxy) is 1. The Morgan fingerprint density at radius 1 is 1.42 bits per heavy atom. The van der Waals surface area contributed by atoms with Crippen molar-refractivity contribution >= 4 is 19.4 Å². The summed E-state index contributed by atoms with van der Waals surface area (Å²) in [6, 6.07) is 2.74. The summed E-state index contributed by atoms with van der Waals surface area (Å²) >= 11 is 0. The van der Waals surface area contributed by atoms with E-state index in [2.05, 4.69) is 28.7 Å². The molecule has 0 saturated carbocycles. The first-order valence-corrected chi connectivity index (χ1v) is 8.72. The Labute approximate surface area is 156 Å². The summed E-state index contributed by atoms with van der Waals surface area (Å²) in [5.74, 6) is 5.48. The lowest BCUT2D eigenvalue weighted by molar-refractivity contribution is 0.0421. The van der Waals surface area contributed by atoms with Gasteiger partial charge in [0.1, 0.15) is 5.82 Å². The molecule has 0 spiro atoms. The Kier molecular flexibility index (Phi) is 9.49. The van der Waals surface area contributed by atoms with Crippen LogP contribution in [-0.4, -0.2) is 45.6 Å². The first-order valence-electron chi connectivity index (χ1n) is 8.72. The molecule has 1 aromatic rings. The molecule has 0 saturated heterocycles. The van der Waals surface area contributed by atoms with Crippen molar-refractivity contribution in [1.29, 1.82) is 0 Å². The van der Waals surface area contributed by atoms with E-state index >= 15 is 0 Å². The lowest BCUT2D eigenvalue weighted by Crippen LogP contribution is -2.25. The van der Waals surface area contributed by atoms with Gasteiger partial charge in [0.25, 0.3) is 8.05 Å². The van der Waals surface area contributed by atoms with Gasteiger partial charge in [-0.1, -0.05) is 25.2 Å². The molecule has 0 unspecified atom stereocenters. The number of aliphatic hydroxyl groups excluding tert-OH is 1. The maximum absolute atomic E-state index is 13.8. The molecule has 5 nitrogen and oxygen atoms in total. The van der Waals surface area contributed by atoms with Crippen LogP contribution in [0.3, 0.4) is 0 Å². The number of anilines is 2. The van der Waals surface area contributed by atoms with Crippen LogP contribution in [0.15, 0.2) is 12.1 Å². The summed E-state index contributed by atoms with van der Waals surface area (Å²) in [7, 11) is 5.11. The monoisotopic (exact) mass is 362 g/mol. The molecule has 0 amide bonds. The predicted octanol–water partition coefficient (Wildman–Crippen LogP) is 2.48. The fourth-order valence-electron chi connectivity index (χ4n) is 2.07. The third-order valence-corrected chi connectivity index (χ3v) is 3.60. The summed E-state index contributed by atoms with van der Waals surface area (Å²) in [5.41, 5.74) is 6.19. The molecule has 0 fully saturated rings. The summed E-state index contributed by atoms with van der Waals surface area (Å²) in [5, 5.41) is 13.0. The van der Waals surface area contributed by atoms with Crippen LogP contribution in [0, 0.1) is 23.1 Å². The van der Waals surface area contributed by atoms with Gasteiger partial charge in [-0.2, -0.15) is 0 Å². The van der Waals surface area contributed by atoms with Crippen molar-refractivity contribution in [1.82, 2.24) is 0 Å². The van der Waals surface area contributed by atoms with E-state index in [-0.39, 0.29) is 25.4 Å². The number of nitrogen functional groups attached to an aromatic ring is 1. The maximum Gasteiger partial charge on any atom is 0.282 e. The number of rotatable bonds is 10. The van der Waals surface area contributed by atoms with E-state index in [1.54, 1.807) is 0 Å². The average Bonchev–Trinajstić information content (AvgIpc) is 2.58. The average molecular weight is 362 g/mol. The third kappa shape index (κ3) is 8.09. The second-order valence-corrected chi connectivity index (χ2v) is 6.83. The molecule has 7 heteroatoms. The van der Waals surface area contributed by atoms with Gasteiger partial charge < -0.3 is 25.5 Å². The number of halogens is 1. The zero-order valence-corrected chi connectivity index (χ0v) is 15.8. The molecule has 0 aliphatic heterocycles. The number of unbranched alkanes of at least 4 members (excludes halogenated alkanes) is 1. The fourth-order valence-corrected chi connectivity index (χ4v) is 2.07. The van der Waals surface area contributed by atoms with Gasteiger partial charge in [-0.05, 0) is 26.3 Å². The zero-order valence-electron chi connectivity index (χ0n) is 15.8. The molecule has 0 heterocycles. The highest BCUT2D eigenvalue weighted by Gasteiger charge is 2.14. The minimum atomic E-state index is -0.713. The number of benzene rings is 1. The van der Waals surface area contributed by atoms with Crippen molar-refractivity contribution in [3.05, 3.63) is 23.5 Å². The second-order valence-electron chi connectivity index (χ2n) is 6.83. The van der Waals surface area contributed by atoms with E-state index in [9.17, 15) is 9.50 Å². The smallest absolute Gasteiger partial charge is 0.282 e. The van der Waals surface area contributed by atoms with E-state index in [4.69, 9.17) is 18.5 Å². The number of aliphatic hydroxyl groups is 1. The largest absolute Gasteiger partial charge is 0.446 e. The van der Waals surface area contributed by atoms with Crippen LogP contribution in [0.5, 0.6) is 0 Å². The van der Waals surface area contributed by atoms with Crippen LogP contribution in [0.2, 0.25) is 0 Å². The Bertz CT molecular complexity index is 629. The standard InChI is InChI=1S/C19H28BFN2O3/c1-4-5-8-25-12-15(24)11-23-18-10-16(21)17(22)9-14(18)6-7-19(2,3)13-26-20/h9-10,15,23-24H,4-5,8,11-13,22H2,1-3H3/t15-/m1/s1. The minimum absolute atomic E-state index is 0.0104. The first-order chi connectivity index (χ1) is 12.3. The summed E-state index contributed by atoms with van der Waals surface area (Å²) in [6.45, 7) is 7.12. The van der Waals surface area contributed by atoms with Gasteiger partial charge >= 0.3 is 0 Å². The van der Waals surface area contributed by atoms with Gasteiger partial charge in [-0.25, -0.2) is 4.39 Å². The molecular weight excluding hydrogens is 334 g/mol. The van der Waals surface area contributed by atoms with E-state index in [0.717, 1.165) is 12.8 Å². The fraction of sp³-hybridized carbons (Fsp3) is 0.579. The number of nitrogens with one attached hydrogen (secondary N) is 1. The Balaban J connectivity index is 2.81. The van der Waals surface area contributed by atoms with Gasteiger partial charge in [-0.3, -0.25) is 0 Å². The molecule has 4 N–H and O–H groups in total.